The molecular formula is C24H32N2O5S. The number of aliphatic carboxylic acids is 1. The fourth-order valence-corrected chi connectivity index (χ4v) is 4.86. The molecule has 2 unspecified atom stereocenters. The summed E-state index contributed by atoms with van der Waals surface area (Å²) in [4.78, 5) is 9.73. The van der Waals surface area contributed by atoms with E-state index >= 15 is 0 Å². The Morgan fingerprint density at radius 1 is 1.28 bits per heavy atom. The molecule has 1 aromatic carbocycles. The molecule has 0 saturated heterocycles. The lowest BCUT2D eigenvalue weighted by Crippen LogP contribution is -2.48. The second-order valence-corrected chi connectivity index (χ2v) is 10.1. The number of carbonyl (C=O) groups is 1. The number of allylic oxidation sites excluding steroid dienone is 2. The second-order valence-electron chi connectivity index (χ2n) is 8.09. The van der Waals surface area contributed by atoms with Gasteiger partial charge in [0.05, 0.1) is 0 Å². The number of hydrogen-bond acceptors (Lipinski definition) is 5. The highest BCUT2D eigenvalue weighted by atomic mass is 32.2. The Labute approximate surface area is 191 Å². The number of terminal acetylenes is 1. The molecule has 0 saturated carbocycles. The molecular weight excluding hydrogens is 428 g/mol. The van der Waals surface area contributed by atoms with Crippen molar-refractivity contribution in [2.24, 2.45) is 5.92 Å². The molecule has 1 aromatic rings. The number of nitrogens with one attached hydrogen (secondary N) is 2. The van der Waals surface area contributed by atoms with Crippen molar-refractivity contribution in [2.45, 2.75) is 44.1 Å². The SMILES string of the molecule is C#CCOC1(S(=O)(=O)NCCCNC(CC(C)C)C(=O)O)C=CC(c2ccccc2)=CC1. The van der Waals surface area contributed by atoms with Crippen LogP contribution in [-0.2, 0) is 19.6 Å². The average Bonchev–Trinajstić information content (AvgIpc) is 2.77. The van der Waals surface area contributed by atoms with E-state index in [2.05, 4.69) is 16.0 Å². The van der Waals surface area contributed by atoms with E-state index in [4.69, 9.17) is 11.2 Å². The smallest absolute Gasteiger partial charge is 0.320 e. The first-order chi connectivity index (χ1) is 15.2. The van der Waals surface area contributed by atoms with Gasteiger partial charge in [0.25, 0.3) is 0 Å². The summed E-state index contributed by atoms with van der Waals surface area (Å²) in [5.41, 5.74) is 1.90. The summed E-state index contributed by atoms with van der Waals surface area (Å²) in [5.74, 6) is 1.67. The lowest BCUT2D eigenvalue weighted by atomic mass is 9.98. The lowest BCUT2D eigenvalue weighted by Gasteiger charge is -2.31. The van der Waals surface area contributed by atoms with Crippen LogP contribution < -0.4 is 10.0 Å². The van der Waals surface area contributed by atoms with Crippen LogP contribution in [0.4, 0.5) is 0 Å². The standard InChI is InChI=1S/C24H32N2O5S/c1-4-17-31-24(13-11-21(12-14-24)20-9-6-5-7-10-20)32(29,30)26-16-8-15-25-22(23(27)28)18-19(2)3/h1,5-7,9-13,19,22,25-26H,8,14-18H2,2-3H3,(H,27,28). The molecule has 3 N–H and O–H groups in total. The first-order valence-corrected chi connectivity index (χ1v) is 12.2. The van der Waals surface area contributed by atoms with E-state index in [0.29, 0.717) is 19.4 Å². The molecule has 1 aliphatic carbocycles. The van der Waals surface area contributed by atoms with Crippen LogP contribution in [0.1, 0.15) is 38.7 Å². The summed E-state index contributed by atoms with van der Waals surface area (Å²) >= 11 is 0. The zero-order valence-corrected chi connectivity index (χ0v) is 19.4. The number of rotatable bonds is 13. The molecule has 8 heteroatoms. The van der Waals surface area contributed by atoms with E-state index < -0.39 is 27.0 Å². The van der Waals surface area contributed by atoms with E-state index in [1.165, 1.54) is 6.08 Å². The van der Waals surface area contributed by atoms with E-state index in [1.54, 1.807) is 6.08 Å². The highest BCUT2D eigenvalue weighted by Crippen LogP contribution is 2.33. The zero-order valence-electron chi connectivity index (χ0n) is 18.6. The third-order valence-electron chi connectivity index (χ3n) is 5.13. The Morgan fingerprint density at radius 2 is 2.00 bits per heavy atom. The Hall–Kier alpha value is -2.44. The van der Waals surface area contributed by atoms with Gasteiger partial charge in [-0.05, 0) is 42.5 Å². The number of carboxylic acids is 1. The average molecular weight is 461 g/mol. The molecule has 0 spiro atoms. The maximum atomic E-state index is 13.1. The molecule has 0 amide bonds. The van der Waals surface area contributed by atoms with Gasteiger partial charge in [0.15, 0.2) is 0 Å². The normalized spacial score (nSPS) is 19.4. The topological polar surface area (TPSA) is 105 Å². The van der Waals surface area contributed by atoms with Gasteiger partial charge in [-0.2, -0.15) is 0 Å². The van der Waals surface area contributed by atoms with Crippen LogP contribution in [0.25, 0.3) is 5.57 Å². The minimum atomic E-state index is -3.90. The van der Waals surface area contributed by atoms with Crippen molar-refractivity contribution in [1.82, 2.24) is 10.0 Å². The Bertz CT molecular complexity index is 964. The van der Waals surface area contributed by atoms with Crippen molar-refractivity contribution in [3.8, 4) is 12.3 Å². The van der Waals surface area contributed by atoms with E-state index in [1.807, 2.05) is 50.3 Å². The summed E-state index contributed by atoms with van der Waals surface area (Å²) in [7, 11) is -3.90. The van der Waals surface area contributed by atoms with Gasteiger partial charge in [-0.3, -0.25) is 4.79 Å². The van der Waals surface area contributed by atoms with E-state index in [-0.39, 0.29) is 25.5 Å². The molecule has 0 radical (unpaired) electrons. The van der Waals surface area contributed by atoms with Gasteiger partial charge in [0.1, 0.15) is 12.6 Å². The number of carboxylic acid groups (broad SMARTS) is 1. The number of hydrogen-bond donors (Lipinski definition) is 3. The number of sulfonamides is 1. The molecule has 7 nitrogen and oxygen atoms in total. The fourth-order valence-electron chi connectivity index (χ4n) is 3.43. The van der Waals surface area contributed by atoms with Gasteiger partial charge >= 0.3 is 5.97 Å². The Balaban J connectivity index is 1.99. The minimum Gasteiger partial charge on any atom is -0.480 e. The molecule has 2 rings (SSSR count). The van der Waals surface area contributed by atoms with Crippen LogP contribution in [0.2, 0.25) is 0 Å². The third kappa shape index (κ3) is 7.04. The van der Waals surface area contributed by atoms with Crippen LogP contribution in [0.3, 0.4) is 0 Å². The molecule has 0 heterocycles. The molecule has 2 atom stereocenters. The van der Waals surface area contributed by atoms with Gasteiger partial charge < -0.3 is 15.2 Å². The third-order valence-corrected chi connectivity index (χ3v) is 7.04. The van der Waals surface area contributed by atoms with Gasteiger partial charge in [-0.15, -0.1) is 6.42 Å². The van der Waals surface area contributed by atoms with Gasteiger partial charge in [-0.25, -0.2) is 13.1 Å². The molecule has 0 aliphatic heterocycles. The summed E-state index contributed by atoms with van der Waals surface area (Å²) in [6.45, 7) is 4.29. The van der Waals surface area contributed by atoms with Crippen molar-refractivity contribution in [3.05, 3.63) is 54.1 Å². The molecule has 174 valence electrons. The highest BCUT2D eigenvalue weighted by molar-refractivity contribution is 7.90. The van der Waals surface area contributed by atoms with Crippen molar-refractivity contribution in [2.75, 3.05) is 19.7 Å². The predicted octanol–water partition coefficient (Wildman–Crippen LogP) is 2.77. The van der Waals surface area contributed by atoms with Crippen LogP contribution in [0.15, 0.2) is 48.6 Å². The highest BCUT2D eigenvalue weighted by Gasteiger charge is 2.43. The minimum absolute atomic E-state index is 0.123. The Kier molecular flexibility index (Phi) is 9.66. The van der Waals surface area contributed by atoms with Crippen molar-refractivity contribution in [1.29, 1.82) is 0 Å². The lowest BCUT2D eigenvalue weighted by molar-refractivity contribution is -0.139. The number of ether oxygens (including phenoxy) is 1. The monoisotopic (exact) mass is 460 g/mol. The van der Waals surface area contributed by atoms with E-state index in [9.17, 15) is 18.3 Å². The van der Waals surface area contributed by atoms with Crippen LogP contribution >= 0.6 is 0 Å². The van der Waals surface area contributed by atoms with E-state index in [0.717, 1.165) is 11.1 Å². The second kappa shape index (κ2) is 12.0. The maximum absolute atomic E-state index is 13.1. The molecule has 0 fully saturated rings. The summed E-state index contributed by atoms with van der Waals surface area (Å²) in [5, 5.41) is 12.2. The van der Waals surface area contributed by atoms with Gasteiger partial charge in [-0.1, -0.05) is 62.3 Å². The predicted molar refractivity (Wildman–Crippen MR) is 126 cm³/mol. The molecule has 1 aliphatic rings. The first-order valence-electron chi connectivity index (χ1n) is 10.7. The molecule has 32 heavy (non-hydrogen) atoms. The van der Waals surface area contributed by atoms with Crippen molar-refractivity contribution >= 4 is 21.6 Å². The zero-order chi connectivity index (χ0) is 23.6. The maximum Gasteiger partial charge on any atom is 0.320 e. The summed E-state index contributed by atoms with van der Waals surface area (Å²) < 4.78 is 34.4. The largest absolute Gasteiger partial charge is 0.480 e. The Morgan fingerprint density at radius 3 is 2.56 bits per heavy atom. The van der Waals surface area contributed by atoms with Crippen LogP contribution in [0, 0.1) is 18.3 Å². The van der Waals surface area contributed by atoms with Crippen LogP contribution in [-0.4, -0.2) is 50.2 Å². The molecule has 0 aromatic heterocycles. The molecule has 0 bridgehead atoms. The number of benzene rings is 1. The van der Waals surface area contributed by atoms with Gasteiger partial charge in [0.2, 0.25) is 15.0 Å². The van der Waals surface area contributed by atoms with Crippen LogP contribution in [0.5, 0.6) is 0 Å². The quantitative estimate of drug-likeness (QED) is 0.309. The van der Waals surface area contributed by atoms with Crippen molar-refractivity contribution < 1.29 is 23.1 Å². The van der Waals surface area contributed by atoms with Crippen molar-refractivity contribution in [3.63, 3.8) is 0 Å². The first kappa shape index (κ1) is 25.8. The van der Waals surface area contributed by atoms with Gasteiger partial charge in [0, 0.05) is 13.0 Å². The summed E-state index contributed by atoms with van der Waals surface area (Å²) in [6.07, 6.45) is 11.5. The fraction of sp³-hybridized carbons (Fsp3) is 0.458. The summed E-state index contributed by atoms with van der Waals surface area (Å²) in [6, 6.07) is 9.01.